The number of aromatic nitrogens is 2. The summed E-state index contributed by atoms with van der Waals surface area (Å²) < 4.78 is 0. The minimum absolute atomic E-state index is 1.04. The molecule has 0 bridgehead atoms. The standard InChI is InChI=1S/C8H15N3/c1-5-7-6(2)9-10-8(7)11(3)4/h5H2,1-4H3,(H,9,10). The van der Waals surface area contributed by atoms with Crippen LogP contribution in [0.5, 0.6) is 0 Å². The van der Waals surface area contributed by atoms with Gasteiger partial charge in [-0.2, -0.15) is 5.10 Å². The van der Waals surface area contributed by atoms with Gasteiger partial charge in [0.2, 0.25) is 0 Å². The van der Waals surface area contributed by atoms with Crippen molar-refractivity contribution < 1.29 is 0 Å². The minimum Gasteiger partial charge on any atom is -0.361 e. The molecule has 1 aromatic heterocycles. The molecule has 0 spiro atoms. The van der Waals surface area contributed by atoms with Gasteiger partial charge in [0, 0.05) is 25.4 Å². The van der Waals surface area contributed by atoms with Crippen LogP contribution in [0.1, 0.15) is 18.2 Å². The molecule has 0 saturated heterocycles. The van der Waals surface area contributed by atoms with E-state index in [2.05, 4.69) is 24.0 Å². The van der Waals surface area contributed by atoms with E-state index < -0.39 is 0 Å². The number of rotatable bonds is 2. The van der Waals surface area contributed by atoms with E-state index in [9.17, 15) is 0 Å². The third-order valence-electron chi connectivity index (χ3n) is 1.83. The number of hydrogen-bond donors (Lipinski definition) is 1. The molecule has 0 aliphatic carbocycles. The number of aryl methyl sites for hydroxylation is 1. The molecule has 1 rings (SSSR count). The highest BCUT2D eigenvalue weighted by Gasteiger charge is 2.08. The lowest BCUT2D eigenvalue weighted by Crippen LogP contribution is -2.11. The summed E-state index contributed by atoms with van der Waals surface area (Å²) in [5, 5.41) is 7.16. The highest BCUT2D eigenvalue weighted by molar-refractivity contribution is 5.47. The molecule has 3 heteroatoms. The first-order valence-corrected chi connectivity index (χ1v) is 3.88. The average Bonchev–Trinajstić information content (AvgIpc) is 2.30. The predicted molar refractivity (Wildman–Crippen MR) is 47.0 cm³/mol. The first kappa shape index (κ1) is 8.11. The van der Waals surface area contributed by atoms with Gasteiger partial charge >= 0.3 is 0 Å². The number of anilines is 1. The first-order valence-electron chi connectivity index (χ1n) is 3.88. The van der Waals surface area contributed by atoms with Crippen LogP contribution in [-0.4, -0.2) is 24.3 Å². The number of aromatic amines is 1. The fourth-order valence-corrected chi connectivity index (χ4v) is 1.23. The molecule has 0 atom stereocenters. The zero-order valence-electron chi connectivity index (χ0n) is 7.60. The number of hydrogen-bond acceptors (Lipinski definition) is 2. The second-order valence-electron chi connectivity index (χ2n) is 2.90. The van der Waals surface area contributed by atoms with Crippen molar-refractivity contribution in [2.45, 2.75) is 20.3 Å². The Balaban J connectivity index is 3.05. The Bertz CT molecular complexity index is 237. The average molecular weight is 153 g/mol. The minimum atomic E-state index is 1.04. The lowest BCUT2D eigenvalue weighted by atomic mass is 10.2. The molecule has 1 aromatic rings. The number of nitrogens with zero attached hydrogens (tertiary/aromatic N) is 2. The van der Waals surface area contributed by atoms with Gasteiger partial charge in [-0.25, -0.2) is 0 Å². The molecule has 11 heavy (non-hydrogen) atoms. The molecule has 0 aliphatic heterocycles. The van der Waals surface area contributed by atoms with Gasteiger partial charge in [0.25, 0.3) is 0 Å². The van der Waals surface area contributed by atoms with E-state index in [4.69, 9.17) is 0 Å². The molecule has 0 amide bonds. The van der Waals surface area contributed by atoms with Crippen molar-refractivity contribution in [3.63, 3.8) is 0 Å². The van der Waals surface area contributed by atoms with Crippen molar-refractivity contribution >= 4 is 5.82 Å². The summed E-state index contributed by atoms with van der Waals surface area (Å²) in [6.07, 6.45) is 1.04. The smallest absolute Gasteiger partial charge is 0.153 e. The van der Waals surface area contributed by atoms with Crippen LogP contribution in [0.15, 0.2) is 0 Å². The van der Waals surface area contributed by atoms with E-state index in [-0.39, 0.29) is 0 Å². The van der Waals surface area contributed by atoms with Crippen molar-refractivity contribution in [3.05, 3.63) is 11.3 Å². The van der Waals surface area contributed by atoms with Gasteiger partial charge in [0.05, 0.1) is 0 Å². The van der Waals surface area contributed by atoms with Crippen LogP contribution in [0, 0.1) is 6.92 Å². The second kappa shape index (κ2) is 2.95. The van der Waals surface area contributed by atoms with Gasteiger partial charge in [0.1, 0.15) is 0 Å². The normalized spacial score (nSPS) is 10.2. The Morgan fingerprint density at radius 1 is 1.45 bits per heavy atom. The summed E-state index contributed by atoms with van der Waals surface area (Å²) in [6.45, 7) is 4.20. The molecule has 0 aliphatic rings. The SMILES string of the molecule is CCc1c(N(C)C)n[nH]c1C. The monoisotopic (exact) mass is 153 g/mol. The van der Waals surface area contributed by atoms with Gasteiger partial charge in [-0.15, -0.1) is 0 Å². The molecule has 3 nitrogen and oxygen atoms in total. The molecule has 62 valence electrons. The van der Waals surface area contributed by atoms with E-state index in [1.807, 2.05) is 19.0 Å². The predicted octanol–water partition coefficient (Wildman–Crippen LogP) is 1.35. The third kappa shape index (κ3) is 1.37. The number of H-pyrrole nitrogens is 1. The Labute approximate surface area is 67.4 Å². The van der Waals surface area contributed by atoms with E-state index in [0.29, 0.717) is 0 Å². The fourth-order valence-electron chi connectivity index (χ4n) is 1.23. The van der Waals surface area contributed by atoms with E-state index >= 15 is 0 Å². The van der Waals surface area contributed by atoms with Gasteiger partial charge in [0.15, 0.2) is 5.82 Å². The first-order chi connectivity index (χ1) is 5.16. The quantitative estimate of drug-likeness (QED) is 0.695. The highest BCUT2D eigenvalue weighted by atomic mass is 15.2. The van der Waals surface area contributed by atoms with Gasteiger partial charge in [-0.1, -0.05) is 6.92 Å². The summed E-state index contributed by atoms with van der Waals surface area (Å²) in [7, 11) is 4.02. The van der Waals surface area contributed by atoms with Crippen molar-refractivity contribution in [1.82, 2.24) is 10.2 Å². The number of nitrogens with one attached hydrogen (secondary N) is 1. The maximum atomic E-state index is 4.19. The summed E-state index contributed by atoms with van der Waals surface area (Å²) in [5.41, 5.74) is 2.49. The molecule has 0 unspecified atom stereocenters. The van der Waals surface area contributed by atoms with Crippen LogP contribution in [-0.2, 0) is 6.42 Å². The molecule has 1 N–H and O–H groups in total. The topological polar surface area (TPSA) is 31.9 Å². The summed E-state index contributed by atoms with van der Waals surface area (Å²) in [4.78, 5) is 2.03. The Morgan fingerprint density at radius 3 is 2.45 bits per heavy atom. The molecular weight excluding hydrogens is 138 g/mol. The molecule has 0 saturated carbocycles. The lowest BCUT2D eigenvalue weighted by molar-refractivity contribution is 0.994. The van der Waals surface area contributed by atoms with E-state index in [1.54, 1.807) is 0 Å². The van der Waals surface area contributed by atoms with Crippen LogP contribution in [0.4, 0.5) is 5.82 Å². The van der Waals surface area contributed by atoms with E-state index in [0.717, 1.165) is 12.2 Å². The molecule has 1 heterocycles. The second-order valence-corrected chi connectivity index (χ2v) is 2.90. The van der Waals surface area contributed by atoms with E-state index in [1.165, 1.54) is 11.3 Å². The van der Waals surface area contributed by atoms with Crippen molar-refractivity contribution in [2.75, 3.05) is 19.0 Å². The Morgan fingerprint density at radius 2 is 2.09 bits per heavy atom. The fraction of sp³-hybridized carbons (Fsp3) is 0.625. The van der Waals surface area contributed by atoms with Crippen LogP contribution in [0.25, 0.3) is 0 Å². The Hall–Kier alpha value is -0.990. The maximum Gasteiger partial charge on any atom is 0.153 e. The van der Waals surface area contributed by atoms with Crippen LogP contribution in [0.2, 0.25) is 0 Å². The zero-order valence-corrected chi connectivity index (χ0v) is 7.60. The van der Waals surface area contributed by atoms with Crippen LogP contribution < -0.4 is 4.90 Å². The Kier molecular flexibility index (Phi) is 2.17. The summed E-state index contributed by atoms with van der Waals surface area (Å²) >= 11 is 0. The molecular formula is C8H15N3. The third-order valence-corrected chi connectivity index (χ3v) is 1.83. The van der Waals surface area contributed by atoms with Crippen molar-refractivity contribution in [1.29, 1.82) is 0 Å². The van der Waals surface area contributed by atoms with Crippen LogP contribution >= 0.6 is 0 Å². The van der Waals surface area contributed by atoms with Gasteiger partial charge in [-0.3, -0.25) is 5.10 Å². The maximum absolute atomic E-state index is 4.19. The zero-order chi connectivity index (χ0) is 8.43. The van der Waals surface area contributed by atoms with Crippen LogP contribution in [0.3, 0.4) is 0 Å². The van der Waals surface area contributed by atoms with Crippen molar-refractivity contribution in [3.8, 4) is 0 Å². The van der Waals surface area contributed by atoms with Gasteiger partial charge in [-0.05, 0) is 13.3 Å². The van der Waals surface area contributed by atoms with Gasteiger partial charge < -0.3 is 4.90 Å². The lowest BCUT2D eigenvalue weighted by Gasteiger charge is -2.09. The molecule has 0 fully saturated rings. The highest BCUT2D eigenvalue weighted by Crippen LogP contribution is 2.18. The van der Waals surface area contributed by atoms with Crippen molar-refractivity contribution in [2.24, 2.45) is 0 Å². The largest absolute Gasteiger partial charge is 0.361 e. The molecule has 0 radical (unpaired) electrons. The summed E-state index contributed by atoms with van der Waals surface area (Å²) in [5.74, 6) is 1.06. The molecule has 0 aromatic carbocycles. The summed E-state index contributed by atoms with van der Waals surface area (Å²) in [6, 6.07) is 0.